The quantitative estimate of drug-likeness (QED) is 0.829. The molecule has 2 aromatic rings. The molecule has 1 N–H and O–H groups in total. The molecule has 2 aromatic carbocycles. The third-order valence-electron chi connectivity index (χ3n) is 5.01. The first-order valence-corrected chi connectivity index (χ1v) is 9.83. The van der Waals surface area contributed by atoms with E-state index in [9.17, 15) is 9.59 Å². The molecule has 0 bridgehead atoms. The highest BCUT2D eigenvalue weighted by Crippen LogP contribution is 2.34. The molecule has 0 saturated carbocycles. The molecule has 3 rings (SSSR count). The lowest BCUT2D eigenvalue weighted by Gasteiger charge is -2.33. The van der Waals surface area contributed by atoms with E-state index in [1.165, 1.54) is 5.56 Å². The van der Waals surface area contributed by atoms with Crippen molar-refractivity contribution in [1.82, 2.24) is 5.32 Å². The summed E-state index contributed by atoms with van der Waals surface area (Å²) in [6.45, 7) is 7.08. The highest BCUT2D eigenvalue weighted by molar-refractivity contribution is 5.97. The average molecular weight is 380 g/mol. The Bertz CT molecular complexity index is 835. The second-order valence-electron chi connectivity index (χ2n) is 7.52. The van der Waals surface area contributed by atoms with Crippen LogP contribution < -0.4 is 15.0 Å². The Kier molecular flexibility index (Phi) is 6.34. The summed E-state index contributed by atoms with van der Waals surface area (Å²) < 4.78 is 5.83. The van der Waals surface area contributed by atoms with Gasteiger partial charge < -0.3 is 15.0 Å². The van der Waals surface area contributed by atoms with Crippen molar-refractivity contribution in [2.75, 3.05) is 18.0 Å². The first kappa shape index (κ1) is 19.9. The molecule has 0 saturated heterocycles. The van der Waals surface area contributed by atoms with Crippen LogP contribution in [0.5, 0.6) is 5.75 Å². The SMILES string of the molecule is Cc1ccc2c(c1)N(C(=O)CCC(=O)NC[C@@H](C)c1ccccc1)C[C@@H](C)O2. The Morgan fingerprint density at radius 2 is 1.93 bits per heavy atom. The summed E-state index contributed by atoms with van der Waals surface area (Å²) in [4.78, 5) is 26.7. The van der Waals surface area contributed by atoms with Gasteiger partial charge in [0.15, 0.2) is 0 Å². The van der Waals surface area contributed by atoms with E-state index in [4.69, 9.17) is 4.74 Å². The molecule has 0 fully saturated rings. The molecule has 1 heterocycles. The predicted octanol–water partition coefficient (Wildman–Crippen LogP) is 3.81. The Morgan fingerprint density at radius 1 is 1.18 bits per heavy atom. The van der Waals surface area contributed by atoms with Crippen molar-refractivity contribution in [1.29, 1.82) is 0 Å². The summed E-state index contributed by atoms with van der Waals surface area (Å²) in [6.07, 6.45) is 0.304. The summed E-state index contributed by atoms with van der Waals surface area (Å²) in [6, 6.07) is 15.9. The van der Waals surface area contributed by atoms with Crippen molar-refractivity contribution >= 4 is 17.5 Å². The average Bonchev–Trinajstić information content (AvgIpc) is 2.70. The number of hydrogen-bond donors (Lipinski definition) is 1. The largest absolute Gasteiger partial charge is 0.487 e. The molecule has 2 amide bonds. The van der Waals surface area contributed by atoms with Gasteiger partial charge in [-0.2, -0.15) is 0 Å². The van der Waals surface area contributed by atoms with Gasteiger partial charge in [-0.3, -0.25) is 9.59 Å². The summed E-state index contributed by atoms with van der Waals surface area (Å²) >= 11 is 0. The summed E-state index contributed by atoms with van der Waals surface area (Å²) in [5.74, 6) is 0.810. The molecule has 148 valence electrons. The summed E-state index contributed by atoms with van der Waals surface area (Å²) in [5.41, 5.74) is 3.05. The van der Waals surface area contributed by atoms with Crippen molar-refractivity contribution in [2.45, 2.75) is 45.6 Å². The van der Waals surface area contributed by atoms with Gasteiger partial charge in [-0.1, -0.05) is 43.3 Å². The lowest BCUT2D eigenvalue weighted by Crippen LogP contribution is -2.42. The Balaban J connectivity index is 1.53. The van der Waals surface area contributed by atoms with E-state index in [1.54, 1.807) is 4.90 Å². The Hall–Kier alpha value is -2.82. The van der Waals surface area contributed by atoms with Crippen LogP contribution in [-0.4, -0.2) is 31.0 Å². The maximum absolute atomic E-state index is 12.8. The fourth-order valence-electron chi connectivity index (χ4n) is 3.39. The fourth-order valence-corrected chi connectivity index (χ4v) is 3.39. The van der Waals surface area contributed by atoms with Crippen LogP contribution in [0.25, 0.3) is 0 Å². The lowest BCUT2D eigenvalue weighted by molar-refractivity contribution is -0.125. The third kappa shape index (κ3) is 4.91. The molecule has 0 radical (unpaired) electrons. The Morgan fingerprint density at radius 3 is 2.68 bits per heavy atom. The number of carbonyl (C=O) groups is 2. The van der Waals surface area contributed by atoms with Crippen LogP contribution in [0.2, 0.25) is 0 Å². The number of ether oxygens (including phenoxy) is 1. The van der Waals surface area contributed by atoms with Crippen molar-refractivity contribution in [2.24, 2.45) is 0 Å². The van der Waals surface area contributed by atoms with Crippen molar-refractivity contribution in [3.63, 3.8) is 0 Å². The van der Waals surface area contributed by atoms with Gasteiger partial charge in [0.2, 0.25) is 11.8 Å². The second-order valence-corrected chi connectivity index (χ2v) is 7.52. The minimum absolute atomic E-state index is 0.0479. The van der Waals surface area contributed by atoms with Gasteiger partial charge in [0, 0.05) is 19.4 Å². The monoisotopic (exact) mass is 380 g/mol. The molecule has 1 aliphatic rings. The van der Waals surface area contributed by atoms with Crippen molar-refractivity contribution in [3.05, 3.63) is 59.7 Å². The number of anilines is 1. The second kappa shape index (κ2) is 8.91. The van der Waals surface area contributed by atoms with Crippen LogP contribution in [0.15, 0.2) is 48.5 Å². The van der Waals surface area contributed by atoms with E-state index in [2.05, 4.69) is 24.4 Å². The van der Waals surface area contributed by atoms with Crippen LogP contribution in [0.3, 0.4) is 0 Å². The third-order valence-corrected chi connectivity index (χ3v) is 5.01. The van der Waals surface area contributed by atoms with E-state index >= 15 is 0 Å². The van der Waals surface area contributed by atoms with Gasteiger partial charge in [-0.25, -0.2) is 0 Å². The maximum Gasteiger partial charge on any atom is 0.227 e. The number of nitrogens with zero attached hydrogens (tertiary/aromatic N) is 1. The van der Waals surface area contributed by atoms with Gasteiger partial charge in [0.25, 0.3) is 0 Å². The van der Waals surface area contributed by atoms with Gasteiger partial charge in [-0.15, -0.1) is 0 Å². The molecule has 2 atom stereocenters. The minimum Gasteiger partial charge on any atom is -0.487 e. The molecule has 1 aliphatic heterocycles. The van der Waals surface area contributed by atoms with Crippen LogP contribution >= 0.6 is 0 Å². The molecule has 0 aromatic heterocycles. The van der Waals surface area contributed by atoms with E-state index in [0.29, 0.717) is 13.1 Å². The van der Waals surface area contributed by atoms with Crippen molar-refractivity contribution < 1.29 is 14.3 Å². The number of fused-ring (bicyclic) bond motifs is 1. The number of rotatable bonds is 6. The number of benzene rings is 2. The molecule has 28 heavy (non-hydrogen) atoms. The number of amides is 2. The number of hydrogen-bond acceptors (Lipinski definition) is 3. The van der Waals surface area contributed by atoms with Gasteiger partial charge in [-0.05, 0) is 43.0 Å². The molecular weight excluding hydrogens is 352 g/mol. The molecule has 5 nitrogen and oxygen atoms in total. The fraction of sp³-hybridized carbons (Fsp3) is 0.391. The topological polar surface area (TPSA) is 58.6 Å². The van der Waals surface area contributed by atoms with Crippen LogP contribution in [0.4, 0.5) is 5.69 Å². The summed E-state index contributed by atoms with van der Waals surface area (Å²) in [5, 5.41) is 2.94. The lowest BCUT2D eigenvalue weighted by atomic mass is 10.0. The molecular formula is C23H28N2O3. The molecule has 0 aliphatic carbocycles. The van der Waals surface area contributed by atoms with Crippen molar-refractivity contribution in [3.8, 4) is 5.75 Å². The normalized spacial score (nSPS) is 16.7. The van der Waals surface area contributed by atoms with Crippen LogP contribution in [0, 0.1) is 6.92 Å². The zero-order chi connectivity index (χ0) is 20.1. The first-order valence-electron chi connectivity index (χ1n) is 9.83. The van der Waals surface area contributed by atoms with E-state index in [1.807, 2.05) is 50.2 Å². The number of carbonyl (C=O) groups excluding carboxylic acids is 2. The highest BCUT2D eigenvalue weighted by Gasteiger charge is 2.27. The summed E-state index contributed by atoms with van der Waals surface area (Å²) in [7, 11) is 0. The van der Waals surface area contributed by atoms with Gasteiger partial charge in [0.05, 0.1) is 12.2 Å². The first-order chi connectivity index (χ1) is 13.4. The van der Waals surface area contributed by atoms with Crippen LogP contribution in [-0.2, 0) is 9.59 Å². The minimum atomic E-state index is -0.0955. The zero-order valence-corrected chi connectivity index (χ0v) is 16.8. The van der Waals surface area contributed by atoms with E-state index < -0.39 is 0 Å². The molecule has 0 unspecified atom stereocenters. The van der Waals surface area contributed by atoms with Gasteiger partial charge in [0.1, 0.15) is 11.9 Å². The van der Waals surface area contributed by atoms with E-state index in [0.717, 1.165) is 17.0 Å². The molecule has 5 heteroatoms. The van der Waals surface area contributed by atoms with E-state index in [-0.39, 0.29) is 36.7 Å². The number of nitrogens with one attached hydrogen (secondary N) is 1. The molecule has 0 spiro atoms. The van der Waals surface area contributed by atoms with Crippen LogP contribution in [0.1, 0.15) is 43.7 Å². The smallest absolute Gasteiger partial charge is 0.227 e. The standard InChI is InChI=1S/C23H28N2O3/c1-16-9-10-21-20(13-16)25(15-18(3)28-21)23(27)12-11-22(26)24-14-17(2)19-7-5-4-6-8-19/h4-10,13,17-18H,11-12,14-15H2,1-3H3,(H,24,26)/t17-,18-/m1/s1. The number of aryl methyl sites for hydroxylation is 1. The maximum atomic E-state index is 12.8. The predicted molar refractivity (Wildman–Crippen MR) is 111 cm³/mol. The zero-order valence-electron chi connectivity index (χ0n) is 16.8. The highest BCUT2D eigenvalue weighted by atomic mass is 16.5. The van der Waals surface area contributed by atoms with Gasteiger partial charge >= 0.3 is 0 Å². The Labute approximate surface area is 166 Å².